The molecule has 0 amide bonds. The van der Waals surface area contributed by atoms with Crippen LogP contribution >= 0.6 is 0 Å². The second kappa shape index (κ2) is 4.23. The molecule has 58 valence electrons. The van der Waals surface area contributed by atoms with E-state index in [4.69, 9.17) is 5.26 Å². The third-order valence-corrected chi connectivity index (χ3v) is 0.778. The summed E-state index contributed by atoms with van der Waals surface area (Å²) in [7, 11) is 0. The summed E-state index contributed by atoms with van der Waals surface area (Å²) in [5, 5.41) is 8.00. The van der Waals surface area contributed by atoms with Crippen LogP contribution in [-0.4, -0.2) is 11.9 Å². The van der Waals surface area contributed by atoms with E-state index in [-0.39, 0.29) is 5.57 Å². The summed E-state index contributed by atoms with van der Waals surface area (Å²) in [4.78, 5) is 21.0. The number of esters is 2. The number of carbonyl (C=O) groups is 2. The summed E-state index contributed by atoms with van der Waals surface area (Å²) >= 11 is 0. The lowest BCUT2D eigenvalue weighted by atomic mass is 10.4. The van der Waals surface area contributed by atoms with E-state index >= 15 is 0 Å². The average molecular weight is 153 g/mol. The highest BCUT2D eigenvalue weighted by Gasteiger charge is 2.09. The number of hydrogen-bond donors (Lipinski definition) is 0. The van der Waals surface area contributed by atoms with Crippen LogP contribution in [0.3, 0.4) is 0 Å². The van der Waals surface area contributed by atoms with E-state index in [2.05, 4.69) is 11.3 Å². The lowest BCUT2D eigenvalue weighted by Gasteiger charge is -1.96. The van der Waals surface area contributed by atoms with Gasteiger partial charge in [0, 0.05) is 5.57 Å². The van der Waals surface area contributed by atoms with Crippen molar-refractivity contribution in [1.82, 2.24) is 0 Å². The first-order valence-electron chi connectivity index (χ1n) is 2.85. The number of hydrogen-bond acceptors (Lipinski definition) is 4. The summed E-state index contributed by atoms with van der Waals surface area (Å²) in [5.41, 5.74) is 0.135. The quantitative estimate of drug-likeness (QED) is 0.330. The van der Waals surface area contributed by atoms with Gasteiger partial charge in [-0.1, -0.05) is 6.58 Å². The highest BCUT2D eigenvalue weighted by atomic mass is 16.6. The molecule has 0 saturated carbocycles. The molecule has 0 fully saturated rings. The van der Waals surface area contributed by atoms with Gasteiger partial charge in [0.05, 0.1) is 6.07 Å². The minimum atomic E-state index is -0.847. The third-order valence-electron chi connectivity index (χ3n) is 0.778. The Bertz CT molecular complexity index is 237. The van der Waals surface area contributed by atoms with Crippen molar-refractivity contribution in [2.24, 2.45) is 0 Å². The molecule has 0 aliphatic heterocycles. The molecule has 11 heavy (non-hydrogen) atoms. The van der Waals surface area contributed by atoms with Gasteiger partial charge in [0.1, 0.15) is 6.42 Å². The number of nitriles is 1. The lowest BCUT2D eigenvalue weighted by Crippen LogP contribution is -2.11. The van der Waals surface area contributed by atoms with Gasteiger partial charge in [-0.05, 0) is 6.92 Å². The monoisotopic (exact) mass is 153 g/mol. The van der Waals surface area contributed by atoms with Gasteiger partial charge >= 0.3 is 11.9 Å². The van der Waals surface area contributed by atoms with Gasteiger partial charge in [0.2, 0.25) is 0 Å². The largest absolute Gasteiger partial charge is 0.389 e. The fourth-order valence-corrected chi connectivity index (χ4v) is 0.291. The molecule has 4 heteroatoms. The number of rotatable bonds is 2. The second-order valence-electron chi connectivity index (χ2n) is 1.88. The molecule has 0 heterocycles. The predicted molar refractivity (Wildman–Crippen MR) is 36.1 cm³/mol. The van der Waals surface area contributed by atoms with Crippen molar-refractivity contribution < 1.29 is 14.3 Å². The molecule has 0 aliphatic rings. The molecule has 0 aromatic rings. The van der Waals surface area contributed by atoms with E-state index in [0.29, 0.717) is 0 Å². The van der Waals surface area contributed by atoms with Crippen LogP contribution in [0.25, 0.3) is 0 Å². The highest BCUT2D eigenvalue weighted by molar-refractivity contribution is 5.95. The zero-order valence-electron chi connectivity index (χ0n) is 6.09. The Morgan fingerprint density at radius 3 is 2.55 bits per heavy atom. The van der Waals surface area contributed by atoms with Crippen LogP contribution in [-0.2, 0) is 14.3 Å². The van der Waals surface area contributed by atoms with E-state index in [1.54, 1.807) is 6.07 Å². The first-order valence-corrected chi connectivity index (χ1v) is 2.85. The maximum atomic E-state index is 10.6. The molecule has 0 rings (SSSR count). The molecular weight excluding hydrogens is 146 g/mol. The lowest BCUT2D eigenvalue weighted by molar-refractivity contribution is -0.156. The standard InChI is InChI=1S/C7H7NO3/c1-5(2)7(10)11-6(9)3-4-8/h1,3H2,2H3. The topological polar surface area (TPSA) is 67.2 Å². The van der Waals surface area contributed by atoms with Gasteiger partial charge in [-0.15, -0.1) is 0 Å². The van der Waals surface area contributed by atoms with Gasteiger partial charge in [-0.2, -0.15) is 5.26 Å². The van der Waals surface area contributed by atoms with Crippen LogP contribution in [0.15, 0.2) is 12.2 Å². The Morgan fingerprint density at radius 2 is 2.18 bits per heavy atom. The zero-order valence-corrected chi connectivity index (χ0v) is 6.09. The molecule has 0 aromatic carbocycles. The summed E-state index contributed by atoms with van der Waals surface area (Å²) in [5.74, 6) is -1.63. The Balaban J connectivity index is 3.88. The maximum absolute atomic E-state index is 10.6. The van der Waals surface area contributed by atoms with Crippen LogP contribution in [0.5, 0.6) is 0 Å². The van der Waals surface area contributed by atoms with E-state index < -0.39 is 18.4 Å². The molecule has 0 saturated heterocycles. The Labute approximate surface area is 64.1 Å². The van der Waals surface area contributed by atoms with Crippen LogP contribution in [0.1, 0.15) is 13.3 Å². The van der Waals surface area contributed by atoms with Gasteiger partial charge < -0.3 is 4.74 Å². The molecule has 0 radical (unpaired) electrons. The van der Waals surface area contributed by atoms with Crippen molar-refractivity contribution in [3.63, 3.8) is 0 Å². The molecule has 0 aliphatic carbocycles. The normalized spacial score (nSPS) is 8.00. The smallest absolute Gasteiger partial charge is 0.340 e. The molecule has 0 spiro atoms. The number of ether oxygens (including phenoxy) is 1. The second-order valence-corrected chi connectivity index (χ2v) is 1.88. The van der Waals surface area contributed by atoms with Crippen LogP contribution < -0.4 is 0 Å². The first-order chi connectivity index (χ1) is 5.07. The molecular formula is C7H7NO3. The SMILES string of the molecule is C=C(C)C(=O)OC(=O)CC#N. The van der Waals surface area contributed by atoms with Crippen molar-refractivity contribution in [2.75, 3.05) is 0 Å². The Kier molecular flexibility index (Phi) is 3.60. The van der Waals surface area contributed by atoms with Crippen molar-refractivity contribution in [3.8, 4) is 6.07 Å². The molecule has 4 nitrogen and oxygen atoms in total. The number of nitrogens with zero attached hydrogens (tertiary/aromatic N) is 1. The van der Waals surface area contributed by atoms with Crippen LogP contribution in [0.2, 0.25) is 0 Å². The van der Waals surface area contributed by atoms with Gasteiger partial charge in [-0.25, -0.2) is 4.79 Å². The Morgan fingerprint density at radius 1 is 1.64 bits per heavy atom. The summed E-state index contributed by atoms with van der Waals surface area (Å²) in [6.45, 7) is 4.68. The van der Waals surface area contributed by atoms with Crippen molar-refractivity contribution >= 4 is 11.9 Å². The van der Waals surface area contributed by atoms with E-state index in [0.717, 1.165) is 0 Å². The van der Waals surface area contributed by atoms with Crippen LogP contribution in [0, 0.1) is 11.3 Å². The van der Waals surface area contributed by atoms with Gasteiger partial charge in [-0.3, -0.25) is 4.79 Å². The molecule has 0 atom stereocenters. The van der Waals surface area contributed by atoms with E-state index in [9.17, 15) is 9.59 Å². The number of carbonyl (C=O) groups excluding carboxylic acids is 2. The maximum Gasteiger partial charge on any atom is 0.340 e. The third kappa shape index (κ3) is 3.87. The minimum absolute atomic E-state index is 0.135. The van der Waals surface area contributed by atoms with E-state index in [1.807, 2.05) is 0 Å². The molecule has 0 unspecified atom stereocenters. The molecule has 0 bridgehead atoms. The molecule has 0 N–H and O–H groups in total. The van der Waals surface area contributed by atoms with Gasteiger partial charge in [0.15, 0.2) is 0 Å². The summed E-state index contributed by atoms with van der Waals surface area (Å²) < 4.78 is 4.15. The van der Waals surface area contributed by atoms with Gasteiger partial charge in [0.25, 0.3) is 0 Å². The van der Waals surface area contributed by atoms with Crippen molar-refractivity contribution in [3.05, 3.63) is 12.2 Å². The van der Waals surface area contributed by atoms with E-state index in [1.165, 1.54) is 6.92 Å². The minimum Gasteiger partial charge on any atom is -0.389 e. The highest BCUT2D eigenvalue weighted by Crippen LogP contribution is 1.93. The Hall–Kier alpha value is -1.63. The summed E-state index contributed by atoms with van der Waals surface area (Å²) in [6.07, 6.45) is -0.418. The first kappa shape index (κ1) is 9.37. The zero-order chi connectivity index (χ0) is 8.85. The average Bonchev–Trinajstić information content (AvgIpc) is 1.87. The fourth-order valence-electron chi connectivity index (χ4n) is 0.291. The van der Waals surface area contributed by atoms with Crippen molar-refractivity contribution in [1.29, 1.82) is 5.26 Å². The fraction of sp³-hybridized carbons (Fsp3) is 0.286. The summed E-state index contributed by atoms with van der Waals surface area (Å²) in [6, 6.07) is 1.56. The molecule has 0 aromatic heterocycles. The van der Waals surface area contributed by atoms with Crippen molar-refractivity contribution in [2.45, 2.75) is 13.3 Å². The van der Waals surface area contributed by atoms with Crippen LogP contribution in [0.4, 0.5) is 0 Å². The predicted octanol–water partition coefficient (Wildman–Crippen LogP) is 0.546.